The number of hydrogen-bond donors (Lipinski definition) is 1. The van der Waals surface area contributed by atoms with E-state index in [9.17, 15) is 0 Å². The van der Waals surface area contributed by atoms with Gasteiger partial charge in [0.1, 0.15) is 5.76 Å². The Kier molecular flexibility index (Phi) is 4.41. The summed E-state index contributed by atoms with van der Waals surface area (Å²) in [7, 11) is 0. The summed E-state index contributed by atoms with van der Waals surface area (Å²) in [5.74, 6) is 1.58. The van der Waals surface area contributed by atoms with Crippen molar-refractivity contribution in [2.24, 2.45) is 0 Å². The molecule has 0 aromatic carbocycles. The quantitative estimate of drug-likeness (QED) is 0.854. The molecule has 2 heterocycles. The van der Waals surface area contributed by atoms with Crippen molar-refractivity contribution in [1.29, 1.82) is 0 Å². The minimum atomic E-state index is 0.114. The predicted octanol–water partition coefficient (Wildman–Crippen LogP) is 4.42. The van der Waals surface area contributed by atoms with Crippen LogP contribution in [0, 0.1) is 6.92 Å². The first-order chi connectivity index (χ1) is 8.06. The second-order valence-corrected chi connectivity index (χ2v) is 7.06. The monoisotopic (exact) mass is 378 g/mol. The van der Waals surface area contributed by atoms with Crippen LogP contribution in [0.2, 0.25) is 0 Å². The number of rotatable bonds is 4. The van der Waals surface area contributed by atoms with Crippen LogP contribution in [0.15, 0.2) is 24.9 Å². The van der Waals surface area contributed by atoms with Crippen LogP contribution in [0.1, 0.15) is 29.5 Å². The van der Waals surface area contributed by atoms with Gasteiger partial charge in [-0.2, -0.15) is 0 Å². The minimum Gasteiger partial charge on any atom is -0.444 e. The van der Waals surface area contributed by atoms with Crippen LogP contribution in [-0.4, -0.2) is 4.98 Å². The van der Waals surface area contributed by atoms with Crippen LogP contribution in [0.4, 0.5) is 0 Å². The Morgan fingerprint density at radius 2 is 2.29 bits per heavy atom. The third-order valence-electron chi connectivity index (χ3n) is 2.29. The zero-order chi connectivity index (χ0) is 12.4. The predicted molar refractivity (Wildman–Crippen MR) is 76.2 cm³/mol. The molecule has 0 fully saturated rings. The first-order valence-electron chi connectivity index (χ1n) is 5.15. The Balaban J connectivity index is 1.94. The van der Waals surface area contributed by atoms with Crippen LogP contribution in [0.25, 0.3) is 0 Å². The summed E-state index contributed by atoms with van der Waals surface area (Å²) in [6.07, 6.45) is 1.74. The number of aromatic nitrogens is 1. The minimum absolute atomic E-state index is 0.114. The number of nitrogens with one attached hydrogen (secondary N) is 1. The van der Waals surface area contributed by atoms with Crippen molar-refractivity contribution in [3.05, 3.63) is 37.1 Å². The molecule has 0 amide bonds. The van der Waals surface area contributed by atoms with Gasteiger partial charge in [-0.25, -0.2) is 4.98 Å². The summed E-state index contributed by atoms with van der Waals surface area (Å²) in [6, 6.07) is 2.22. The highest BCUT2D eigenvalue weighted by atomic mass is 79.9. The molecule has 0 aliphatic rings. The zero-order valence-electron chi connectivity index (χ0n) is 9.46. The molecule has 6 heteroatoms. The van der Waals surface area contributed by atoms with Crippen molar-refractivity contribution < 1.29 is 4.42 Å². The molecular formula is C11H12Br2N2OS. The summed E-state index contributed by atoms with van der Waals surface area (Å²) in [5.41, 5.74) is 0. The Morgan fingerprint density at radius 3 is 2.82 bits per heavy atom. The van der Waals surface area contributed by atoms with Crippen molar-refractivity contribution in [2.75, 3.05) is 0 Å². The maximum Gasteiger partial charge on any atom is 0.211 e. The Labute approximate surface area is 121 Å². The molecule has 2 aromatic heterocycles. The zero-order valence-corrected chi connectivity index (χ0v) is 13.4. The number of nitrogens with zero attached hydrogens (tertiary/aromatic N) is 1. The second kappa shape index (κ2) is 5.65. The van der Waals surface area contributed by atoms with Gasteiger partial charge in [-0.1, -0.05) is 0 Å². The van der Waals surface area contributed by atoms with Crippen LogP contribution < -0.4 is 5.32 Å². The first-order valence-corrected chi connectivity index (χ1v) is 7.56. The first kappa shape index (κ1) is 13.3. The highest BCUT2D eigenvalue weighted by molar-refractivity contribution is 9.13. The molecule has 1 N–H and O–H groups in total. The van der Waals surface area contributed by atoms with Gasteiger partial charge in [0.05, 0.1) is 16.0 Å². The highest BCUT2D eigenvalue weighted by Gasteiger charge is 2.11. The average Bonchev–Trinajstić information content (AvgIpc) is 2.83. The Morgan fingerprint density at radius 1 is 1.53 bits per heavy atom. The van der Waals surface area contributed by atoms with Crippen molar-refractivity contribution in [1.82, 2.24) is 10.3 Å². The van der Waals surface area contributed by atoms with Crippen molar-refractivity contribution in [3.63, 3.8) is 0 Å². The van der Waals surface area contributed by atoms with Crippen LogP contribution in [0.3, 0.4) is 0 Å². The lowest BCUT2D eigenvalue weighted by Crippen LogP contribution is -2.17. The molecule has 0 saturated heterocycles. The molecule has 1 unspecified atom stereocenters. The molecule has 0 spiro atoms. The van der Waals surface area contributed by atoms with Crippen molar-refractivity contribution in [2.45, 2.75) is 26.4 Å². The lowest BCUT2D eigenvalue weighted by Gasteiger charge is -2.08. The Hall–Kier alpha value is -0.170. The van der Waals surface area contributed by atoms with Gasteiger partial charge in [0, 0.05) is 15.9 Å². The molecule has 1 atom stereocenters. The fraction of sp³-hybridized carbons (Fsp3) is 0.364. The van der Waals surface area contributed by atoms with Crippen LogP contribution in [0.5, 0.6) is 0 Å². The largest absolute Gasteiger partial charge is 0.444 e. The van der Waals surface area contributed by atoms with E-state index in [0.29, 0.717) is 0 Å². The molecule has 17 heavy (non-hydrogen) atoms. The number of aryl methyl sites for hydroxylation is 1. The number of hydrogen-bond acceptors (Lipinski definition) is 4. The van der Waals surface area contributed by atoms with E-state index in [1.807, 2.05) is 13.8 Å². The summed E-state index contributed by atoms with van der Waals surface area (Å²) >= 11 is 8.67. The van der Waals surface area contributed by atoms with E-state index in [4.69, 9.17) is 4.42 Å². The molecule has 92 valence electrons. The topological polar surface area (TPSA) is 38.1 Å². The third kappa shape index (κ3) is 3.40. The fourth-order valence-electron chi connectivity index (χ4n) is 1.39. The van der Waals surface area contributed by atoms with E-state index in [2.05, 4.69) is 48.2 Å². The van der Waals surface area contributed by atoms with E-state index in [1.165, 1.54) is 4.88 Å². The van der Waals surface area contributed by atoms with Gasteiger partial charge >= 0.3 is 0 Å². The van der Waals surface area contributed by atoms with E-state index < -0.39 is 0 Å². The van der Waals surface area contributed by atoms with Crippen molar-refractivity contribution in [3.8, 4) is 0 Å². The summed E-state index contributed by atoms with van der Waals surface area (Å²) < 4.78 is 7.69. The lowest BCUT2D eigenvalue weighted by atomic mass is 10.3. The van der Waals surface area contributed by atoms with Gasteiger partial charge in [-0.05, 0) is 51.8 Å². The summed E-state index contributed by atoms with van der Waals surface area (Å²) in [4.78, 5) is 5.47. The van der Waals surface area contributed by atoms with E-state index >= 15 is 0 Å². The Bertz CT molecular complexity index is 490. The van der Waals surface area contributed by atoms with Gasteiger partial charge in [0.15, 0.2) is 0 Å². The van der Waals surface area contributed by atoms with Gasteiger partial charge < -0.3 is 9.73 Å². The molecule has 2 rings (SSSR count). The van der Waals surface area contributed by atoms with Crippen LogP contribution >= 0.6 is 43.2 Å². The van der Waals surface area contributed by atoms with Gasteiger partial charge in [0.2, 0.25) is 5.89 Å². The van der Waals surface area contributed by atoms with E-state index in [0.717, 1.165) is 26.5 Å². The molecule has 3 nitrogen and oxygen atoms in total. The van der Waals surface area contributed by atoms with E-state index in [-0.39, 0.29) is 6.04 Å². The number of thiophene rings is 1. The van der Waals surface area contributed by atoms with Gasteiger partial charge in [0.25, 0.3) is 0 Å². The number of oxazole rings is 1. The van der Waals surface area contributed by atoms with E-state index in [1.54, 1.807) is 17.5 Å². The smallest absolute Gasteiger partial charge is 0.211 e. The van der Waals surface area contributed by atoms with Gasteiger partial charge in [-0.15, -0.1) is 11.3 Å². The third-order valence-corrected chi connectivity index (χ3v) is 5.54. The number of halogens is 2. The fourth-order valence-corrected chi connectivity index (χ4v) is 3.52. The molecule has 0 aliphatic heterocycles. The second-order valence-electron chi connectivity index (χ2n) is 3.75. The maximum atomic E-state index is 5.47. The molecule has 0 bridgehead atoms. The lowest BCUT2D eigenvalue weighted by molar-refractivity contribution is 0.403. The van der Waals surface area contributed by atoms with Gasteiger partial charge in [-0.3, -0.25) is 0 Å². The standard InChI is InChI=1S/C11H12Br2N2OS/c1-6-4-15-11(16-6)7(2)14-5-8-3-9(12)10(13)17-8/h3-4,7,14H,5H2,1-2H3. The molecule has 0 saturated carbocycles. The maximum absolute atomic E-state index is 5.47. The van der Waals surface area contributed by atoms with Crippen molar-refractivity contribution >= 4 is 43.2 Å². The molecular weight excluding hydrogens is 368 g/mol. The molecule has 0 radical (unpaired) electrons. The molecule has 0 aliphatic carbocycles. The molecule has 2 aromatic rings. The SMILES string of the molecule is Cc1cnc(C(C)NCc2cc(Br)c(Br)s2)o1. The van der Waals surface area contributed by atoms with Crippen LogP contribution in [-0.2, 0) is 6.54 Å². The average molecular weight is 380 g/mol. The summed E-state index contributed by atoms with van der Waals surface area (Å²) in [6.45, 7) is 4.75. The highest BCUT2D eigenvalue weighted by Crippen LogP contribution is 2.32. The summed E-state index contributed by atoms with van der Waals surface area (Å²) in [5, 5.41) is 3.38. The normalized spacial score (nSPS) is 12.9.